The number of halogens is 4. The Morgan fingerprint density at radius 1 is 1.16 bits per heavy atom. The van der Waals surface area contributed by atoms with Gasteiger partial charge in [0.1, 0.15) is 5.75 Å². The van der Waals surface area contributed by atoms with E-state index in [4.69, 9.17) is 9.47 Å². The molecule has 1 aromatic carbocycles. The van der Waals surface area contributed by atoms with Gasteiger partial charge in [-0.1, -0.05) is 12.1 Å². The third-order valence-electron chi connectivity index (χ3n) is 2.88. The largest absolute Gasteiger partial charge is 0.461 e. The lowest BCUT2D eigenvalue weighted by Gasteiger charge is -2.29. The standard InChI is InChI=1S/C15H13F4NO5/c1-14(2)24-11(21)8(12(22)25-14)7-20-9-5-3-4-6-10(9)23-15(18,19)13(16)17/h3-7,13,20H,1-2H3. The number of nitrogens with one attached hydrogen (secondary N) is 1. The van der Waals surface area contributed by atoms with E-state index in [9.17, 15) is 27.2 Å². The third-order valence-corrected chi connectivity index (χ3v) is 2.88. The van der Waals surface area contributed by atoms with E-state index in [1.54, 1.807) is 0 Å². The van der Waals surface area contributed by atoms with Crippen LogP contribution >= 0.6 is 0 Å². The molecule has 0 radical (unpaired) electrons. The Kier molecular flexibility index (Phi) is 4.91. The molecule has 0 spiro atoms. The maximum absolute atomic E-state index is 13.1. The molecule has 1 aromatic rings. The minimum absolute atomic E-state index is 0.180. The number of alkyl halides is 4. The minimum Gasteiger partial charge on any atom is -0.426 e. The van der Waals surface area contributed by atoms with E-state index >= 15 is 0 Å². The van der Waals surface area contributed by atoms with Crippen LogP contribution in [0.4, 0.5) is 23.2 Å². The van der Waals surface area contributed by atoms with Crippen molar-refractivity contribution in [1.82, 2.24) is 0 Å². The molecule has 1 aliphatic rings. The van der Waals surface area contributed by atoms with Crippen LogP contribution in [0.2, 0.25) is 0 Å². The molecule has 1 aliphatic heterocycles. The first-order valence-electron chi connectivity index (χ1n) is 6.89. The van der Waals surface area contributed by atoms with Crippen molar-refractivity contribution >= 4 is 17.6 Å². The molecule has 0 atom stereocenters. The van der Waals surface area contributed by atoms with Gasteiger partial charge in [0.05, 0.1) is 5.69 Å². The smallest absolute Gasteiger partial charge is 0.426 e. The lowest BCUT2D eigenvalue weighted by Crippen LogP contribution is -2.42. The van der Waals surface area contributed by atoms with Crippen molar-refractivity contribution in [2.24, 2.45) is 0 Å². The second kappa shape index (κ2) is 6.61. The van der Waals surface area contributed by atoms with E-state index < -0.39 is 41.6 Å². The van der Waals surface area contributed by atoms with Crippen LogP contribution in [0.25, 0.3) is 0 Å². The third kappa shape index (κ3) is 4.40. The summed E-state index contributed by atoms with van der Waals surface area (Å²) in [4.78, 5) is 23.5. The average Bonchev–Trinajstić information content (AvgIpc) is 2.46. The maximum Gasteiger partial charge on any atom is 0.461 e. The second-order valence-electron chi connectivity index (χ2n) is 5.34. The van der Waals surface area contributed by atoms with Crippen molar-refractivity contribution in [3.63, 3.8) is 0 Å². The Balaban J connectivity index is 2.21. The second-order valence-corrected chi connectivity index (χ2v) is 5.34. The van der Waals surface area contributed by atoms with Gasteiger partial charge in [-0.25, -0.2) is 9.59 Å². The topological polar surface area (TPSA) is 73.9 Å². The van der Waals surface area contributed by atoms with Crippen LogP contribution < -0.4 is 10.1 Å². The monoisotopic (exact) mass is 363 g/mol. The average molecular weight is 363 g/mol. The predicted octanol–water partition coefficient (Wildman–Crippen LogP) is 3.06. The number of benzene rings is 1. The molecular formula is C15H13F4NO5. The highest BCUT2D eigenvalue weighted by Crippen LogP contribution is 2.33. The van der Waals surface area contributed by atoms with Crippen LogP contribution in [0.5, 0.6) is 5.75 Å². The fraction of sp³-hybridized carbons (Fsp3) is 0.333. The zero-order valence-electron chi connectivity index (χ0n) is 13.0. The van der Waals surface area contributed by atoms with Gasteiger partial charge < -0.3 is 19.5 Å². The van der Waals surface area contributed by atoms with Gasteiger partial charge in [0.15, 0.2) is 5.57 Å². The summed E-state index contributed by atoms with van der Waals surface area (Å²) in [7, 11) is 0. The first-order valence-corrected chi connectivity index (χ1v) is 6.89. The highest BCUT2D eigenvalue weighted by atomic mass is 19.3. The molecule has 25 heavy (non-hydrogen) atoms. The fourth-order valence-electron chi connectivity index (χ4n) is 1.79. The van der Waals surface area contributed by atoms with Gasteiger partial charge in [0.25, 0.3) is 5.79 Å². The number of carbonyl (C=O) groups is 2. The van der Waals surface area contributed by atoms with E-state index in [0.717, 1.165) is 12.3 Å². The van der Waals surface area contributed by atoms with Crippen LogP contribution in [0, 0.1) is 0 Å². The first-order chi connectivity index (χ1) is 11.5. The molecule has 6 nitrogen and oxygen atoms in total. The summed E-state index contributed by atoms with van der Waals surface area (Å²) in [5.74, 6) is -4.04. The van der Waals surface area contributed by atoms with Crippen LogP contribution in [0.1, 0.15) is 13.8 Å². The van der Waals surface area contributed by atoms with Crippen molar-refractivity contribution in [1.29, 1.82) is 0 Å². The summed E-state index contributed by atoms with van der Waals surface area (Å²) in [6, 6.07) is 4.91. The predicted molar refractivity (Wildman–Crippen MR) is 76.0 cm³/mol. The van der Waals surface area contributed by atoms with E-state index in [1.807, 2.05) is 0 Å². The van der Waals surface area contributed by atoms with Crippen LogP contribution in [-0.4, -0.2) is 30.3 Å². The molecule has 0 bridgehead atoms. The Morgan fingerprint density at radius 3 is 2.28 bits per heavy atom. The molecule has 1 saturated heterocycles. The van der Waals surface area contributed by atoms with E-state index in [2.05, 4.69) is 10.1 Å². The quantitative estimate of drug-likeness (QED) is 0.375. The zero-order chi connectivity index (χ0) is 18.8. The highest BCUT2D eigenvalue weighted by Gasteiger charge is 2.44. The molecule has 1 heterocycles. The fourth-order valence-corrected chi connectivity index (χ4v) is 1.79. The number of esters is 2. The van der Waals surface area contributed by atoms with Gasteiger partial charge in [0, 0.05) is 20.0 Å². The van der Waals surface area contributed by atoms with Gasteiger partial charge in [-0.3, -0.25) is 0 Å². The van der Waals surface area contributed by atoms with Crippen molar-refractivity contribution in [2.45, 2.75) is 32.2 Å². The van der Waals surface area contributed by atoms with Gasteiger partial charge >= 0.3 is 24.5 Å². The van der Waals surface area contributed by atoms with Gasteiger partial charge in [-0.2, -0.15) is 17.6 Å². The van der Waals surface area contributed by atoms with Crippen molar-refractivity contribution in [3.8, 4) is 5.75 Å². The number of rotatable bonds is 5. The summed E-state index contributed by atoms with van der Waals surface area (Å²) in [6.07, 6.45) is -7.90. The van der Waals surface area contributed by atoms with E-state index in [0.29, 0.717) is 0 Å². The molecule has 1 N–H and O–H groups in total. The number of anilines is 1. The Hall–Kier alpha value is -2.78. The Labute approximate surface area is 139 Å². The molecule has 0 aromatic heterocycles. The van der Waals surface area contributed by atoms with Gasteiger partial charge in [0.2, 0.25) is 0 Å². The molecule has 0 aliphatic carbocycles. The molecular weight excluding hydrogens is 350 g/mol. The number of carbonyl (C=O) groups excluding carboxylic acids is 2. The molecule has 10 heteroatoms. The molecule has 0 amide bonds. The lowest BCUT2D eigenvalue weighted by molar-refractivity contribution is -0.252. The van der Waals surface area contributed by atoms with Gasteiger partial charge in [-0.05, 0) is 12.1 Å². The normalized spacial score (nSPS) is 17.0. The zero-order valence-corrected chi connectivity index (χ0v) is 13.0. The maximum atomic E-state index is 13.1. The number of hydrogen-bond donors (Lipinski definition) is 1. The van der Waals surface area contributed by atoms with E-state index in [1.165, 1.54) is 32.0 Å². The minimum atomic E-state index is -4.71. The summed E-state index contributed by atoms with van der Waals surface area (Å²) < 4.78 is 64.3. The molecule has 2 rings (SSSR count). The molecule has 0 saturated carbocycles. The first kappa shape index (κ1) is 18.6. The molecule has 136 valence electrons. The lowest BCUT2D eigenvalue weighted by atomic mass is 10.2. The van der Waals surface area contributed by atoms with Crippen molar-refractivity contribution in [2.75, 3.05) is 5.32 Å². The molecule has 1 fully saturated rings. The Morgan fingerprint density at radius 2 is 1.72 bits per heavy atom. The molecule has 0 unspecified atom stereocenters. The number of para-hydroxylation sites is 2. The number of hydrogen-bond acceptors (Lipinski definition) is 6. The van der Waals surface area contributed by atoms with Crippen molar-refractivity contribution < 1.29 is 41.4 Å². The van der Waals surface area contributed by atoms with Crippen LogP contribution in [0.3, 0.4) is 0 Å². The number of ether oxygens (including phenoxy) is 3. The van der Waals surface area contributed by atoms with Crippen LogP contribution in [0.15, 0.2) is 36.0 Å². The van der Waals surface area contributed by atoms with E-state index in [-0.39, 0.29) is 5.69 Å². The Bertz CT molecular complexity index is 696. The SMILES string of the molecule is CC1(C)OC(=O)C(=CNc2ccccc2OC(F)(F)C(F)F)C(=O)O1. The van der Waals surface area contributed by atoms with Crippen LogP contribution in [-0.2, 0) is 19.1 Å². The van der Waals surface area contributed by atoms with Crippen molar-refractivity contribution in [3.05, 3.63) is 36.0 Å². The number of cyclic esters (lactones) is 2. The summed E-state index contributed by atoms with van der Waals surface area (Å²) in [6.45, 7) is 2.70. The summed E-state index contributed by atoms with van der Waals surface area (Å²) in [5, 5.41) is 2.37. The highest BCUT2D eigenvalue weighted by molar-refractivity contribution is 6.15. The summed E-state index contributed by atoms with van der Waals surface area (Å²) >= 11 is 0. The summed E-state index contributed by atoms with van der Waals surface area (Å²) in [5.41, 5.74) is -0.712. The van der Waals surface area contributed by atoms with Gasteiger partial charge in [-0.15, -0.1) is 0 Å².